The van der Waals surface area contributed by atoms with Gasteiger partial charge in [-0.15, -0.1) is 0 Å². The fourth-order valence-electron chi connectivity index (χ4n) is 2.81. The molecule has 9 nitrogen and oxygen atoms in total. The Morgan fingerprint density at radius 2 is 1.93 bits per heavy atom. The first-order valence-corrected chi connectivity index (χ1v) is 9.23. The zero-order valence-corrected chi connectivity index (χ0v) is 16.0. The molecule has 0 saturated carbocycles. The maximum absolute atomic E-state index is 10.9. The van der Waals surface area contributed by atoms with Crippen LogP contribution in [0.3, 0.4) is 0 Å². The van der Waals surface area contributed by atoms with Gasteiger partial charge in [0.05, 0.1) is 10.6 Å². The summed E-state index contributed by atoms with van der Waals surface area (Å²) in [6.45, 7) is 0.555. The number of non-ortho nitro benzene ring substituents is 1. The predicted octanol–water partition coefficient (Wildman–Crippen LogP) is 3.38. The van der Waals surface area contributed by atoms with Gasteiger partial charge in [0, 0.05) is 30.7 Å². The van der Waals surface area contributed by atoms with Gasteiger partial charge in [-0.3, -0.25) is 20.3 Å². The fraction of sp³-hybridized carbons (Fsp3) is 0.190. The number of nitro benzene ring substituents is 1. The first-order valence-electron chi connectivity index (χ1n) is 9.23. The fourth-order valence-corrected chi connectivity index (χ4v) is 2.81. The van der Waals surface area contributed by atoms with Crippen molar-refractivity contribution in [1.82, 2.24) is 9.78 Å². The number of benzene rings is 2. The molecule has 2 aromatic carbocycles. The molecule has 0 aliphatic carbocycles. The van der Waals surface area contributed by atoms with Gasteiger partial charge in [-0.2, -0.15) is 5.10 Å². The van der Waals surface area contributed by atoms with Crippen LogP contribution >= 0.6 is 0 Å². The lowest BCUT2D eigenvalue weighted by Crippen LogP contribution is -2.22. The number of aryl methyl sites for hydroxylation is 1. The van der Waals surface area contributed by atoms with E-state index in [4.69, 9.17) is 15.3 Å². The summed E-state index contributed by atoms with van der Waals surface area (Å²) >= 11 is 0. The Bertz CT molecular complexity index is 1110. The van der Waals surface area contributed by atoms with E-state index in [1.807, 2.05) is 12.1 Å². The molecule has 0 fully saturated rings. The van der Waals surface area contributed by atoms with Crippen LogP contribution in [0.15, 0.2) is 60.7 Å². The van der Waals surface area contributed by atoms with Crippen LogP contribution < -0.4 is 10.2 Å². The van der Waals surface area contributed by atoms with Gasteiger partial charge in [0.2, 0.25) is 0 Å². The lowest BCUT2D eigenvalue weighted by molar-refractivity contribution is -0.384. The molecule has 0 radical (unpaired) electrons. The van der Waals surface area contributed by atoms with Crippen LogP contribution in [0.2, 0.25) is 0 Å². The SMILES string of the molecule is N=c1ccc(-c2ccc(OCc3cccc([N+](=O)[O-])c3)cc2)nn1CCCC(=O)O. The van der Waals surface area contributed by atoms with Gasteiger partial charge in [-0.05, 0) is 48.4 Å². The van der Waals surface area contributed by atoms with E-state index in [0.717, 1.165) is 5.56 Å². The minimum Gasteiger partial charge on any atom is -0.489 e. The molecular weight excluding hydrogens is 388 g/mol. The van der Waals surface area contributed by atoms with E-state index in [1.54, 1.807) is 36.4 Å². The van der Waals surface area contributed by atoms with Crippen LogP contribution in [0.1, 0.15) is 18.4 Å². The maximum atomic E-state index is 10.9. The van der Waals surface area contributed by atoms with Crippen LogP contribution in [0.4, 0.5) is 5.69 Å². The number of nitrogens with zero attached hydrogens (tertiary/aromatic N) is 3. The summed E-state index contributed by atoms with van der Waals surface area (Å²) in [5.74, 6) is -0.268. The number of carboxylic acids is 1. The van der Waals surface area contributed by atoms with Crippen molar-refractivity contribution < 1.29 is 19.6 Å². The lowest BCUT2D eigenvalue weighted by atomic mass is 10.1. The van der Waals surface area contributed by atoms with Gasteiger partial charge in [-0.1, -0.05) is 12.1 Å². The van der Waals surface area contributed by atoms with Crippen LogP contribution in [0, 0.1) is 15.5 Å². The highest BCUT2D eigenvalue weighted by Gasteiger charge is 2.07. The topological polar surface area (TPSA) is 131 Å². The van der Waals surface area contributed by atoms with Crippen LogP contribution in [0.25, 0.3) is 11.3 Å². The molecule has 3 rings (SSSR count). The molecule has 9 heteroatoms. The Morgan fingerprint density at radius 1 is 1.17 bits per heavy atom. The number of nitrogens with one attached hydrogen (secondary N) is 1. The van der Waals surface area contributed by atoms with Crippen LogP contribution in [0.5, 0.6) is 5.75 Å². The smallest absolute Gasteiger partial charge is 0.303 e. The Labute approximate surface area is 171 Å². The first kappa shape index (κ1) is 20.7. The van der Waals surface area contributed by atoms with Gasteiger partial charge in [0.25, 0.3) is 5.69 Å². The summed E-state index contributed by atoms with van der Waals surface area (Å²) in [5, 5.41) is 31.9. The Balaban J connectivity index is 1.66. The molecule has 1 aromatic heterocycles. The quantitative estimate of drug-likeness (QED) is 0.412. The molecular formula is C21H20N4O5. The monoisotopic (exact) mass is 408 g/mol. The molecule has 30 heavy (non-hydrogen) atoms. The summed E-state index contributed by atoms with van der Waals surface area (Å²) in [6.07, 6.45) is 0.418. The van der Waals surface area contributed by atoms with Crippen molar-refractivity contribution in [1.29, 1.82) is 5.41 Å². The summed E-state index contributed by atoms with van der Waals surface area (Å²) < 4.78 is 7.18. The number of aromatic nitrogens is 2. The van der Waals surface area contributed by atoms with Gasteiger partial charge >= 0.3 is 5.97 Å². The molecule has 2 N–H and O–H groups in total. The highest BCUT2D eigenvalue weighted by atomic mass is 16.6. The molecule has 0 atom stereocenters. The van der Waals surface area contributed by atoms with Gasteiger partial charge in [-0.25, -0.2) is 4.68 Å². The average Bonchev–Trinajstić information content (AvgIpc) is 2.74. The van der Waals surface area contributed by atoms with Crippen LogP contribution in [-0.4, -0.2) is 25.8 Å². The third kappa shape index (κ3) is 5.51. The summed E-state index contributed by atoms with van der Waals surface area (Å²) in [7, 11) is 0. The molecule has 0 amide bonds. The zero-order chi connectivity index (χ0) is 21.5. The number of hydrogen-bond acceptors (Lipinski definition) is 6. The lowest BCUT2D eigenvalue weighted by Gasteiger charge is -2.09. The van der Waals surface area contributed by atoms with Crippen molar-refractivity contribution in [2.75, 3.05) is 0 Å². The number of rotatable bonds is 9. The van der Waals surface area contributed by atoms with Gasteiger partial charge < -0.3 is 9.84 Å². The van der Waals surface area contributed by atoms with Crippen molar-refractivity contribution >= 4 is 11.7 Å². The molecule has 0 unspecified atom stereocenters. The minimum absolute atomic E-state index is 0.0204. The van der Waals surface area contributed by atoms with E-state index >= 15 is 0 Å². The van der Waals surface area contributed by atoms with Crippen molar-refractivity contribution in [3.8, 4) is 17.0 Å². The van der Waals surface area contributed by atoms with Crippen molar-refractivity contribution in [2.24, 2.45) is 0 Å². The molecule has 0 bridgehead atoms. The number of aliphatic carboxylic acids is 1. The second-order valence-electron chi connectivity index (χ2n) is 6.56. The van der Waals surface area contributed by atoms with E-state index in [-0.39, 0.29) is 24.2 Å². The van der Waals surface area contributed by atoms with Gasteiger partial charge in [0.1, 0.15) is 17.8 Å². The average molecular weight is 408 g/mol. The third-order valence-corrected chi connectivity index (χ3v) is 4.34. The van der Waals surface area contributed by atoms with Crippen molar-refractivity contribution in [3.63, 3.8) is 0 Å². The number of nitro groups is 1. The molecule has 0 aliphatic heterocycles. The maximum Gasteiger partial charge on any atom is 0.303 e. The van der Waals surface area contributed by atoms with Gasteiger partial charge in [0.15, 0.2) is 0 Å². The van der Waals surface area contributed by atoms with E-state index in [1.165, 1.54) is 16.8 Å². The summed E-state index contributed by atoms with van der Waals surface area (Å²) in [5.41, 5.74) is 2.41. The number of hydrogen-bond donors (Lipinski definition) is 2. The van der Waals surface area contributed by atoms with Crippen LogP contribution in [-0.2, 0) is 17.9 Å². The van der Waals surface area contributed by atoms with E-state index in [2.05, 4.69) is 5.10 Å². The normalized spacial score (nSPS) is 10.5. The Morgan fingerprint density at radius 3 is 2.63 bits per heavy atom. The molecule has 154 valence electrons. The second kappa shape index (κ2) is 9.46. The first-order chi connectivity index (χ1) is 14.4. The molecule has 0 aliphatic rings. The number of carbonyl (C=O) groups is 1. The molecule has 1 heterocycles. The zero-order valence-electron chi connectivity index (χ0n) is 16.0. The van der Waals surface area contributed by atoms with Crippen molar-refractivity contribution in [3.05, 3.63) is 81.8 Å². The third-order valence-electron chi connectivity index (χ3n) is 4.34. The highest BCUT2D eigenvalue weighted by Crippen LogP contribution is 2.21. The van der Waals surface area contributed by atoms with Crippen molar-refractivity contribution in [2.45, 2.75) is 26.0 Å². The Kier molecular flexibility index (Phi) is 6.53. The van der Waals surface area contributed by atoms with E-state index in [9.17, 15) is 14.9 Å². The number of carboxylic acid groups (broad SMARTS) is 1. The minimum atomic E-state index is -0.876. The number of ether oxygens (including phenoxy) is 1. The second-order valence-corrected chi connectivity index (χ2v) is 6.56. The summed E-state index contributed by atoms with van der Waals surface area (Å²) in [6, 6.07) is 16.8. The molecule has 0 spiro atoms. The van der Waals surface area contributed by atoms with E-state index in [0.29, 0.717) is 30.0 Å². The highest BCUT2D eigenvalue weighted by molar-refractivity contribution is 5.66. The molecule has 3 aromatic rings. The standard InChI is InChI=1S/C21H20N4O5/c22-20-11-10-19(23-24(20)12-2-5-21(26)27)16-6-8-18(9-7-16)30-14-15-3-1-4-17(13-15)25(28)29/h1,3-4,6-11,13,22H,2,5,12,14H2,(H,26,27). The molecule has 0 saturated heterocycles. The summed E-state index contributed by atoms with van der Waals surface area (Å²) in [4.78, 5) is 21.1. The van der Waals surface area contributed by atoms with E-state index < -0.39 is 10.9 Å². The largest absolute Gasteiger partial charge is 0.489 e. The Hall–Kier alpha value is -4.01. The predicted molar refractivity (Wildman–Crippen MR) is 108 cm³/mol.